The second kappa shape index (κ2) is 5.89. The first-order chi connectivity index (χ1) is 8.74. The van der Waals surface area contributed by atoms with E-state index in [1.807, 2.05) is 0 Å². The molecule has 0 aliphatic heterocycles. The smallest absolute Gasteiger partial charge is 0.193 e. The van der Waals surface area contributed by atoms with Crippen molar-refractivity contribution in [3.05, 3.63) is 29.3 Å². The van der Waals surface area contributed by atoms with E-state index in [-0.39, 0.29) is 0 Å². The van der Waals surface area contributed by atoms with Crippen LogP contribution in [0, 0.1) is 0 Å². The van der Waals surface area contributed by atoms with Crippen molar-refractivity contribution in [2.45, 2.75) is 52.0 Å². The van der Waals surface area contributed by atoms with Crippen molar-refractivity contribution in [3.63, 3.8) is 0 Å². The highest BCUT2D eigenvalue weighted by molar-refractivity contribution is 5.94. The molecule has 98 valence electrons. The highest BCUT2D eigenvalue weighted by Crippen LogP contribution is 2.24. The van der Waals surface area contributed by atoms with Gasteiger partial charge in [-0.3, -0.25) is 0 Å². The first kappa shape index (κ1) is 12.9. The lowest BCUT2D eigenvalue weighted by Gasteiger charge is -2.22. The molecular formula is C15H23N3. The van der Waals surface area contributed by atoms with Crippen LogP contribution in [0.4, 0.5) is 5.69 Å². The third kappa shape index (κ3) is 2.84. The molecule has 1 aromatic rings. The second-order valence-electron chi connectivity index (χ2n) is 4.88. The van der Waals surface area contributed by atoms with Gasteiger partial charge >= 0.3 is 0 Å². The van der Waals surface area contributed by atoms with Crippen molar-refractivity contribution < 1.29 is 0 Å². The highest BCUT2D eigenvalue weighted by atomic mass is 15.1. The molecule has 1 aromatic carbocycles. The third-order valence-corrected chi connectivity index (χ3v) is 3.65. The lowest BCUT2D eigenvalue weighted by atomic mass is 9.94. The number of aryl methyl sites for hydroxylation is 2. The number of anilines is 1. The van der Waals surface area contributed by atoms with E-state index in [1.54, 1.807) is 0 Å². The highest BCUT2D eigenvalue weighted by Gasteiger charge is 2.16. The first-order valence-electron chi connectivity index (χ1n) is 6.95. The average molecular weight is 245 g/mol. The molecule has 1 aliphatic rings. The van der Waals surface area contributed by atoms with Crippen molar-refractivity contribution in [3.8, 4) is 0 Å². The minimum Gasteiger partial charge on any atom is -0.370 e. The van der Waals surface area contributed by atoms with E-state index in [0.717, 1.165) is 18.5 Å². The van der Waals surface area contributed by atoms with Crippen molar-refractivity contribution in [2.75, 3.05) is 5.32 Å². The Kier molecular flexibility index (Phi) is 4.24. The van der Waals surface area contributed by atoms with E-state index >= 15 is 0 Å². The number of hydrogen-bond donors (Lipinski definition) is 2. The molecule has 0 unspecified atom stereocenters. The molecule has 0 aromatic heterocycles. The number of nitrogens with zero attached hydrogens (tertiary/aromatic N) is 1. The Morgan fingerprint density at radius 3 is 2.33 bits per heavy atom. The van der Waals surface area contributed by atoms with Crippen LogP contribution in [0.25, 0.3) is 0 Å². The SMILES string of the molecule is CCc1cccc(CC)c1NC(N)=NC1CCC1. The van der Waals surface area contributed by atoms with Crippen molar-refractivity contribution in [1.82, 2.24) is 0 Å². The van der Waals surface area contributed by atoms with Gasteiger partial charge in [0.25, 0.3) is 0 Å². The van der Waals surface area contributed by atoms with Crippen LogP contribution >= 0.6 is 0 Å². The predicted octanol–water partition coefficient (Wildman–Crippen LogP) is 3.09. The zero-order valence-corrected chi connectivity index (χ0v) is 11.4. The Bertz CT molecular complexity index is 411. The van der Waals surface area contributed by atoms with Crippen LogP contribution in [-0.2, 0) is 12.8 Å². The molecule has 3 nitrogen and oxygen atoms in total. The summed E-state index contributed by atoms with van der Waals surface area (Å²) in [5, 5.41) is 3.31. The van der Waals surface area contributed by atoms with Crippen LogP contribution in [0.2, 0.25) is 0 Å². The number of nitrogens with two attached hydrogens (primary N) is 1. The lowest BCUT2D eigenvalue weighted by molar-refractivity contribution is 0.420. The summed E-state index contributed by atoms with van der Waals surface area (Å²) >= 11 is 0. The molecule has 3 heteroatoms. The number of rotatable bonds is 4. The van der Waals surface area contributed by atoms with Gasteiger partial charge in [0.15, 0.2) is 5.96 Å². The second-order valence-corrected chi connectivity index (χ2v) is 4.88. The minimum absolute atomic E-state index is 0.441. The fraction of sp³-hybridized carbons (Fsp3) is 0.533. The van der Waals surface area contributed by atoms with E-state index in [0.29, 0.717) is 12.0 Å². The van der Waals surface area contributed by atoms with E-state index < -0.39 is 0 Å². The topological polar surface area (TPSA) is 50.4 Å². The number of nitrogens with one attached hydrogen (secondary N) is 1. The van der Waals surface area contributed by atoms with Crippen molar-refractivity contribution in [2.24, 2.45) is 10.7 Å². The van der Waals surface area contributed by atoms with Crippen molar-refractivity contribution >= 4 is 11.6 Å². The standard InChI is InChI=1S/C15H23N3/c1-3-11-7-5-8-12(4-2)14(11)18-15(16)17-13-9-6-10-13/h5,7-8,13H,3-4,6,9-10H2,1-2H3,(H3,16,17,18). The van der Waals surface area contributed by atoms with Crippen LogP contribution in [-0.4, -0.2) is 12.0 Å². The van der Waals surface area contributed by atoms with Gasteiger partial charge in [0.2, 0.25) is 0 Å². The molecule has 2 rings (SSSR count). The third-order valence-electron chi connectivity index (χ3n) is 3.65. The Labute approximate surface area is 109 Å². The molecule has 0 atom stereocenters. The predicted molar refractivity (Wildman–Crippen MR) is 78.1 cm³/mol. The number of guanidine groups is 1. The van der Waals surface area contributed by atoms with Gasteiger partial charge in [0.1, 0.15) is 0 Å². The molecule has 1 fully saturated rings. The summed E-state index contributed by atoms with van der Waals surface area (Å²) in [6, 6.07) is 6.86. The Hall–Kier alpha value is -1.51. The molecule has 0 amide bonds. The summed E-state index contributed by atoms with van der Waals surface area (Å²) < 4.78 is 0. The maximum Gasteiger partial charge on any atom is 0.193 e. The van der Waals surface area contributed by atoms with Gasteiger partial charge < -0.3 is 11.1 Å². The van der Waals surface area contributed by atoms with Gasteiger partial charge in [-0.2, -0.15) is 0 Å². The van der Waals surface area contributed by atoms with Gasteiger partial charge in [0, 0.05) is 5.69 Å². The molecule has 18 heavy (non-hydrogen) atoms. The Morgan fingerprint density at radius 1 is 1.28 bits per heavy atom. The zero-order chi connectivity index (χ0) is 13.0. The van der Waals surface area contributed by atoms with Gasteiger partial charge in [-0.05, 0) is 43.2 Å². The van der Waals surface area contributed by atoms with Gasteiger partial charge in [0.05, 0.1) is 6.04 Å². The lowest BCUT2D eigenvalue weighted by Crippen LogP contribution is -2.28. The summed E-state index contributed by atoms with van der Waals surface area (Å²) in [6.07, 6.45) is 5.66. The Morgan fingerprint density at radius 2 is 1.89 bits per heavy atom. The molecule has 0 saturated heterocycles. The molecule has 0 bridgehead atoms. The average Bonchev–Trinajstić information content (AvgIpc) is 2.34. The van der Waals surface area contributed by atoms with Crippen LogP contribution < -0.4 is 11.1 Å². The summed E-state index contributed by atoms with van der Waals surface area (Å²) in [7, 11) is 0. The van der Waals surface area contributed by atoms with Crippen LogP contribution in [0.3, 0.4) is 0 Å². The van der Waals surface area contributed by atoms with Crippen molar-refractivity contribution in [1.29, 1.82) is 0 Å². The van der Waals surface area contributed by atoms with Crippen LogP contribution in [0.1, 0.15) is 44.2 Å². The fourth-order valence-electron chi connectivity index (χ4n) is 2.28. The number of para-hydroxylation sites is 1. The molecule has 1 aliphatic carbocycles. The quantitative estimate of drug-likeness (QED) is 0.632. The molecule has 0 spiro atoms. The maximum atomic E-state index is 6.00. The molecule has 1 saturated carbocycles. The normalized spacial score (nSPS) is 16.4. The van der Waals surface area contributed by atoms with Gasteiger partial charge in [-0.25, -0.2) is 4.99 Å². The number of aliphatic imine (C=N–C) groups is 1. The molecule has 0 heterocycles. The monoisotopic (exact) mass is 245 g/mol. The van der Waals surface area contributed by atoms with Gasteiger partial charge in [-0.15, -0.1) is 0 Å². The number of hydrogen-bond acceptors (Lipinski definition) is 1. The largest absolute Gasteiger partial charge is 0.370 e. The summed E-state index contributed by atoms with van der Waals surface area (Å²) in [6.45, 7) is 4.33. The summed E-state index contributed by atoms with van der Waals surface area (Å²) in [5.41, 5.74) is 9.77. The maximum absolute atomic E-state index is 6.00. The van der Waals surface area contributed by atoms with E-state index in [1.165, 1.54) is 30.4 Å². The van der Waals surface area contributed by atoms with Gasteiger partial charge in [-0.1, -0.05) is 32.0 Å². The van der Waals surface area contributed by atoms with E-state index in [4.69, 9.17) is 5.73 Å². The number of benzene rings is 1. The molecule has 0 radical (unpaired) electrons. The fourth-order valence-corrected chi connectivity index (χ4v) is 2.28. The zero-order valence-electron chi connectivity index (χ0n) is 11.4. The molecular weight excluding hydrogens is 222 g/mol. The van der Waals surface area contributed by atoms with E-state index in [2.05, 4.69) is 42.4 Å². The Balaban J connectivity index is 2.18. The summed E-state index contributed by atoms with van der Waals surface area (Å²) in [5.74, 6) is 0.565. The summed E-state index contributed by atoms with van der Waals surface area (Å²) in [4.78, 5) is 4.51. The first-order valence-corrected chi connectivity index (χ1v) is 6.95. The van der Waals surface area contributed by atoms with Crippen LogP contribution in [0.15, 0.2) is 23.2 Å². The van der Waals surface area contributed by atoms with Crippen LogP contribution in [0.5, 0.6) is 0 Å². The van der Waals surface area contributed by atoms with E-state index in [9.17, 15) is 0 Å². The molecule has 3 N–H and O–H groups in total. The minimum atomic E-state index is 0.441.